The van der Waals surface area contributed by atoms with Gasteiger partial charge in [-0.25, -0.2) is 14.5 Å². The lowest BCUT2D eigenvalue weighted by Crippen LogP contribution is -1.84. The zero-order valence-electron chi connectivity index (χ0n) is 14.1. The molecule has 1 aromatic carbocycles. The summed E-state index contributed by atoms with van der Waals surface area (Å²) in [6.07, 6.45) is 1.97. The molecule has 128 valence electrons. The standard InChI is InChI=1S/C18H14N6S2/c1-10-13(18-24(23-10)8-9-25-18)17-20-14(12-6-4-3-5-7-12)15(26-17)16-19-11(2)21-22-16/h3-9H,1-2H3,(H,19,21,22). The summed E-state index contributed by atoms with van der Waals surface area (Å²) in [5, 5.41) is 14.9. The average Bonchev–Trinajstić information content (AvgIpc) is 3.39. The number of nitrogens with zero attached hydrogens (tertiary/aromatic N) is 5. The Morgan fingerprint density at radius 1 is 1.08 bits per heavy atom. The van der Waals surface area contributed by atoms with E-state index in [-0.39, 0.29) is 0 Å². The van der Waals surface area contributed by atoms with Crippen molar-refractivity contribution in [2.24, 2.45) is 0 Å². The van der Waals surface area contributed by atoms with Gasteiger partial charge in [-0.2, -0.15) is 10.2 Å². The molecule has 0 atom stereocenters. The van der Waals surface area contributed by atoms with Crippen molar-refractivity contribution in [2.75, 3.05) is 0 Å². The molecule has 0 aliphatic heterocycles. The summed E-state index contributed by atoms with van der Waals surface area (Å²) in [6.45, 7) is 3.92. The lowest BCUT2D eigenvalue weighted by Gasteiger charge is -1.98. The summed E-state index contributed by atoms with van der Waals surface area (Å²) in [4.78, 5) is 11.6. The topological polar surface area (TPSA) is 71.8 Å². The van der Waals surface area contributed by atoms with Crippen molar-refractivity contribution in [3.8, 4) is 32.5 Å². The molecule has 5 rings (SSSR count). The summed E-state index contributed by atoms with van der Waals surface area (Å²) < 4.78 is 1.91. The number of H-pyrrole nitrogens is 1. The molecule has 4 heterocycles. The first-order valence-corrected chi connectivity index (χ1v) is 9.79. The molecule has 0 radical (unpaired) electrons. The number of benzene rings is 1. The van der Waals surface area contributed by atoms with E-state index in [2.05, 4.69) is 32.4 Å². The van der Waals surface area contributed by atoms with Gasteiger partial charge in [-0.15, -0.1) is 22.7 Å². The second-order valence-electron chi connectivity index (χ2n) is 5.92. The predicted molar refractivity (Wildman–Crippen MR) is 104 cm³/mol. The van der Waals surface area contributed by atoms with Crippen molar-refractivity contribution in [1.82, 2.24) is 29.8 Å². The van der Waals surface area contributed by atoms with Gasteiger partial charge in [0.1, 0.15) is 20.5 Å². The lowest BCUT2D eigenvalue weighted by atomic mass is 10.1. The van der Waals surface area contributed by atoms with Crippen molar-refractivity contribution in [3.63, 3.8) is 0 Å². The molecule has 0 amide bonds. The van der Waals surface area contributed by atoms with Crippen LogP contribution in [0.15, 0.2) is 41.9 Å². The van der Waals surface area contributed by atoms with Gasteiger partial charge in [0.05, 0.1) is 17.0 Å². The van der Waals surface area contributed by atoms with Crippen LogP contribution in [0.3, 0.4) is 0 Å². The highest BCUT2D eigenvalue weighted by Gasteiger charge is 2.22. The van der Waals surface area contributed by atoms with E-state index in [9.17, 15) is 0 Å². The highest BCUT2D eigenvalue weighted by molar-refractivity contribution is 7.20. The fraction of sp³-hybridized carbons (Fsp3) is 0.111. The molecule has 4 aromatic heterocycles. The summed E-state index contributed by atoms with van der Waals surface area (Å²) >= 11 is 3.28. The predicted octanol–water partition coefficient (Wildman–Crippen LogP) is 4.59. The van der Waals surface area contributed by atoms with Crippen molar-refractivity contribution in [3.05, 3.63) is 53.4 Å². The van der Waals surface area contributed by atoms with E-state index in [0.29, 0.717) is 5.82 Å². The molecule has 0 bridgehead atoms. The third kappa shape index (κ3) is 2.38. The molecule has 0 aliphatic rings. The quantitative estimate of drug-likeness (QED) is 0.498. The Labute approximate surface area is 157 Å². The molecular weight excluding hydrogens is 364 g/mol. The second-order valence-corrected chi connectivity index (χ2v) is 7.81. The van der Waals surface area contributed by atoms with Crippen LogP contribution in [0.25, 0.3) is 37.4 Å². The third-order valence-corrected chi connectivity index (χ3v) is 6.05. The number of rotatable bonds is 3. The molecule has 0 aliphatic carbocycles. The molecule has 0 saturated carbocycles. The van der Waals surface area contributed by atoms with Crippen LogP contribution in [0.2, 0.25) is 0 Å². The SMILES string of the molecule is Cc1nc(-c2sc(-c3c(C)nn4ccsc34)nc2-c2ccccc2)n[nH]1. The maximum atomic E-state index is 4.98. The fourth-order valence-corrected chi connectivity index (χ4v) is 5.01. The molecule has 8 heteroatoms. The fourth-order valence-electron chi connectivity index (χ4n) is 2.95. The molecular formula is C18H14N6S2. The summed E-state index contributed by atoms with van der Waals surface area (Å²) in [6, 6.07) is 10.2. The van der Waals surface area contributed by atoms with Gasteiger partial charge in [-0.1, -0.05) is 30.3 Å². The number of hydrogen-bond acceptors (Lipinski definition) is 6. The number of aromatic amines is 1. The largest absolute Gasteiger partial charge is 0.263 e. The molecule has 6 nitrogen and oxygen atoms in total. The molecule has 5 aromatic rings. The minimum atomic E-state index is 0.678. The molecule has 0 unspecified atom stereocenters. The van der Waals surface area contributed by atoms with E-state index < -0.39 is 0 Å². The molecule has 0 spiro atoms. The van der Waals surface area contributed by atoms with Crippen LogP contribution in [-0.2, 0) is 0 Å². The van der Waals surface area contributed by atoms with Gasteiger partial charge >= 0.3 is 0 Å². The molecule has 1 N–H and O–H groups in total. The highest BCUT2D eigenvalue weighted by Crippen LogP contribution is 2.42. The Morgan fingerprint density at radius 3 is 2.69 bits per heavy atom. The summed E-state index contributed by atoms with van der Waals surface area (Å²) in [7, 11) is 0. The maximum Gasteiger partial charge on any atom is 0.193 e. The first-order valence-electron chi connectivity index (χ1n) is 8.09. The number of thiazole rings is 2. The smallest absolute Gasteiger partial charge is 0.193 e. The highest BCUT2D eigenvalue weighted by atomic mass is 32.1. The Balaban J connectivity index is 1.77. The normalized spacial score (nSPS) is 11.5. The van der Waals surface area contributed by atoms with Gasteiger partial charge in [0.15, 0.2) is 5.82 Å². The van der Waals surface area contributed by atoms with Gasteiger partial charge < -0.3 is 0 Å². The van der Waals surface area contributed by atoms with Gasteiger partial charge in [-0.3, -0.25) is 5.10 Å². The maximum absolute atomic E-state index is 4.98. The van der Waals surface area contributed by atoms with Crippen molar-refractivity contribution < 1.29 is 0 Å². The van der Waals surface area contributed by atoms with Crippen molar-refractivity contribution in [1.29, 1.82) is 0 Å². The second kappa shape index (κ2) is 5.86. The number of aromatic nitrogens is 6. The molecule has 26 heavy (non-hydrogen) atoms. The van der Waals surface area contributed by atoms with E-state index in [0.717, 1.165) is 43.1 Å². The minimum absolute atomic E-state index is 0.678. The summed E-state index contributed by atoms with van der Waals surface area (Å²) in [5.41, 5.74) is 4.02. The average molecular weight is 378 g/mol. The molecule has 0 saturated heterocycles. The first kappa shape index (κ1) is 15.4. The van der Waals surface area contributed by atoms with Crippen LogP contribution in [0.1, 0.15) is 11.5 Å². The number of fused-ring (bicyclic) bond motifs is 1. The number of nitrogens with one attached hydrogen (secondary N) is 1. The van der Waals surface area contributed by atoms with Crippen molar-refractivity contribution in [2.45, 2.75) is 13.8 Å². The van der Waals surface area contributed by atoms with Gasteiger partial charge in [0.2, 0.25) is 0 Å². The number of hydrogen-bond donors (Lipinski definition) is 1. The van der Waals surface area contributed by atoms with Crippen LogP contribution in [-0.4, -0.2) is 29.8 Å². The van der Waals surface area contributed by atoms with Crippen LogP contribution >= 0.6 is 22.7 Å². The van der Waals surface area contributed by atoms with E-state index in [1.165, 1.54) is 0 Å². The van der Waals surface area contributed by atoms with E-state index in [1.807, 2.05) is 48.1 Å². The van der Waals surface area contributed by atoms with Crippen molar-refractivity contribution >= 4 is 27.5 Å². The Kier molecular flexibility index (Phi) is 3.47. The molecule has 0 fully saturated rings. The van der Waals surface area contributed by atoms with Crippen LogP contribution in [0, 0.1) is 13.8 Å². The van der Waals surface area contributed by atoms with Gasteiger partial charge in [0, 0.05) is 17.1 Å². The number of aryl methyl sites for hydroxylation is 2. The first-order chi connectivity index (χ1) is 12.7. The van der Waals surface area contributed by atoms with E-state index in [1.54, 1.807) is 22.7 Å². The van der Waals surface area contributed by atoms with Crippen LogP contribution < -0.4 is 0 Å². The third-order valence-electron chi connectivity index (χ3n) is 4.11. The monoisotopic (exact) mass is 378 g/mol. The van der Waals surface area contributed by atoms with E-state index >= 15 is 0 Å². The Bertz CT molecular complexity index is 1210. The zero-order chi connectivity index (χ0) is 17.7. The minimum Gasteiger partial charge on any atom is -0.263 e. The zero-order valence-corrected chi connectivity index (χ0v) is 15.7. The Morgan fingerprint density at radius 2 is 1.92 bits per heavy atom. The van der Waals surface area contributed by atoms with Gasteiger partial charge in [0.25, 0.3) is 0 Å². The van der Waals surface area contributed by atoms with Gasteiger partial charge in [-0.05, 0) is 13.8 Å². The van der Waals surface area contributed by atoms with E-state index in [4.69, 9.17) is 4.98 Å². The van der Waals surface area contributed by atoms with Crippen LogP contribution in [0.5, 0.6) is 0 Å². The Hall–Kier alpha value is -2.84. The van der Waals surface area contributed by atoms with Crippen LogP contribution in [0.4, 0.5) is 0 Å². The summed E-state index contributed by atoms with van der Waals surface area (Å²) in [5.74, 6) is 1.47. The lowest BCUT2D eigenvalue weighted by molar-refractivity contribution is 0.948.